The third-order valence-corrected chi connectivity index (χ3v) is 6.48. The van der Waals surface area contributed by atoms with E-state index in [2.05, 4.69) is 0 Å². The van der Waals surface area contributed by atoms with Crippen LogP contribution in [0.4, 0.5) is 0 Å². The van der Waals surface area contributed by atoms with Gasteiger partial charge in [0.1, 0.15) is 17.8 Å². The first kappa shape index (κ1) is 14.7. The molecule has 2 bridgehead atoms. The average molecular weight is 312 g/mol. The van der Waals surface area contributed by atoms with Crippen molar-refractivity contribution in [1.82, 2.24) is 0 Å². The van der Waals surface area contributed by atoms with E-state index in [4.69, 9.17) is 9.47 Å². The Labute approximate surface area is 127 Å². The molecule has 0 unspecified atom stereocenters. The zero-order valence-electron chi connectivity index (χ0n) is 12.2. The molecule has 0 aromatic heterocycles. The van der Waals surface area contributed by atoms with E-state index in [0.29, 0.717) is 6.61 Å². The van der Waals surface area contributed by atoms with E-state index in [9.17, 15) is 25.2 Å². The van der Waals surface area contributed by atoms with Crippen molar-refractivity contribution in [2.45, 2.75) is 43.4 Å². The smallest absolute Gasteiger partial charge is 0.190 e. The lowest BCUT2D eigenvalue weighted by Gasteiger charge is -2.58. The molecule has 1 saturated carbocycles. The summed E-state index contributed by atoms with van der Waals surface area (Å²) < 4.78 is 11.6. The number of epoxide rings is 1. The average Bonchev–Trinajstić information content (AvgIpc) is 3.26. The summed E-state index contributed by atoms with van der Waals surface area (Å²) in [6.45, 7) is 1.24. The molecule has 0 aromatic carbocycles. The van der Waals surface area contributed by atoms with Gasteiger partial charge in [0, 0.05) is 11.0 Å². The van der Waals surface area contributed by atoms with Gasteiger partial charge < -0.3 is 29.9 Å². The minimum Gasteiger partial charge on any atom is -0.396 e. The lowest BCUT2D eigenvalue weighted by atomic mass is 9.50. The first-order chi connectivity index (χ1) is 10.4. The van der Waals surface area contributed by atoms with Gasteiger partial charge in [0.05, 0.1) is 37.4 Å². The molecule has 0 aromatic rings. The van der Waals surface area contributed by atoms with Crippen LogP contribution in [-0.4, -0.2) is 76.0 Å². The number of fused-ring (bicyclic) bond motifs is 2. The largest absolute Gasteiger partial charge is 0.396 e. The highest BCUT2D eigenvalue weighted by Gasteiger charge is 2.83. The quantitative estimate of drug-likeness (QED) is 0.441. The Kier molecular flexibility index (Phi) is 2.79. The summed E-state index contributed by atoms with van der Waals surface area (Å²) in [6.07, 6.45) is -1.85. The lowest BCUT2D eigenvalue weighted by molar-refractivity contribution is -0.244. The Hall–Kier alpha value is -0.830. The molecule has 2 saturated heterocycles. The second kappa shape index (κ2) is 4.17. The van der Waals surface area contributed by atoms with E-state index in [1.165, 1.54) is 6.08 Å². The minimum atomic E-state index is -1.51. The van der Waals surface area contributed by atoms with Crippen LogP contribution in [0.5, 0.6) is 0 Å². The number of aliphatic hydroxyl groups is 4. The SMILES string of the molecule is C[C@@]12C[C@@H](O)[C@@H](O[C@@H]3C=C(CO)C(=O)[C@@H](O)[C@@]31CO)[C@@]21CO1. The Balaban J connectivity index is 1.92. The Morgan fingerprint density at radius 1 is 1.36 bits per heavy atom. The third kappa shape index (κ3) is 1.29. The fourth-order valence-corrected chi connectivity index (χ4v) is 5.06. The monoisotopic (exact) mass is 312 g/mol. The molecule has 0 radical (unpaired) electrons. The van der Waals surface area contributed by atoms with Gasteiger partial charge in [-0.25, -0.2) is 0 Å². The highest BCUT2D eigenvalue weighted by molar-refractivity contribution is 6.01. The summed E-state index contributed by atoms with van der Waals surface area (Å²) in [6, 6.07) is 0. The maximum atomic E-state index is 12.4. The van der Waals surface area contributed by atoms with Gasteiger partial charge in [0.2, 0.25) is 0 Å². The number of carbonyl (C=O) groups excluding carboxylic acids is 1. The first-order valence-electron chi connectivity index (χ1n) is 7.50. The van der Waals surface area contributed by atoms with Crippen LogP contribution in [0.25, 0.3) is 0 Å². The normalized spacial score (nSPS) is 56.0. The second-order valence-corrected chi connectivity index (χ2v) is 7.07. The molecule has 0 amide bonds. The molecule has 7 atom stereocenters. The summed E-state index contributed by atoms with van der Waals surface area (Å²) in [5.74, 6) is -0.603. The van der Waals surface area contributed by atoms with Gasteiger partial charge in [-0.05, 0) is 12.5 Å². The molecule has 4 aliphatic rings. The zero-order chi connectivity index (χ0) is 15.9. The second-order valence-electron chi connectivity index (χ2n) is 7.07. The molecule has 122 valence electrons. The van der Waals surface area contributed by atoms with Crippen molar-refractivity contribution in [2.75, 3.05) is 19.8 Å². The van der Waals surface area contributed by atoms with Crippen molar-refractivity contribution < 1.29 is 34.7 Å². The fraction of sp³-hybridized carbons (Fsp3) is 0.800. The summed E-state index contributed by atoms with van der Waals surface area (Å²) >= 11 is 0. The van der Waals surface area contributed by atoms with E-state index in [1.807, 2.05) is 6.92 Å². The molecule has 4 N–H and O–H groups in total. The van der Waals surface area contributed by atoms with Crippen LogP contribution in [0.2, 0.25) is 0 Å². The lowest BCUT2D eigenvalue weighted by Crippen LogP contribution is -2.70. The maximum absolute atomic E-state index is 12.4. The van der Waals surface area contributed by atoms with Crippen LogP contribution in [0.1, 0.15) is 13.3 Å². The van der Waals surface area contributed by atoms with Crippen molar-refractivity contribution >= 4 is 5.78 Å². The zero-order valence-corrected chi connectivity index (χ0v) is 12.2. The first-order valence-corrected chi connectivity index (χ1v) is 7.50. The Morgan fingerprint density at radius 3 is 2.59 bits per heavy atom. The molecule has 2 heterocycles. The summed E-state index contributed by atoms with van der Waals surface area (Å²) in [5.41, 5.74) is -2.77. The summed E-state index contributed by atoms with van der Waals surface area (Å²) in [7, 11) is 0. The summed E-state index contributed by atoms with van der Waals surface area (Å²) in [5, 5.41) is 40.5. The molecular formula is C15H20O7. The molecular weight excluding hydrogens is 292 g/mol. The molecule has 2 aliphatic heterocycles. The van der Waals surface area contributed by atoms with Crippen LogP contribution < -0.4 is 0 Å². The highest BCUT2D eigenvalue weighted by atomic mass is 16.6. The van der Waals surface area contributed by atoms with Crippen molar-refractivity contribution in [2.24, 2.45) is 10.8 Å². The van der Waals surface area contributed by atoms with Gasteiger partial charge >= 0.3 is 0 Å². The number of ketones is 1. The number of hydrogen-bond donors (Lipinski definition) is 4. The third-order valence-electron chi connectivity index (χ3n) is 6.48. The van der Waals surface area contributed by atoms with Crippen LogP contribution in [0, 0.1) is 10.8 Å². The van der Waals surface area contributed by atoms with Crippen LogP contribution in [-0.2, 0) is 14.3 Å². The molecule has 3 fully saturated rings. The molecule has 4 rings (SSSR count). The highest BCUT2D eigenvalue weighted by Crippen LogP contribution is 2.70. The fourth-order valence-electron chi connectivity index (χ4n) is 5.06. The molecule has 7 heteroatoms. The molecule has 1 spiro atoms. The Morgan fingerprint density at radius 2 is 2.05 bits per heavy atom. The van der Waals surface area contributed by atoms with Crippen molar-refractivity contribution in [3.05, 3.63) is 11.6 Å². The molecule has 22 heavy (non-hydrogen) atoms. The van der Waals surface area contributed by atoms with Gasteiger partial charge in [-0.2, -0.15) is 0 Å². The minimum absolute atomic E-state index is 0.0757. The van der Waals surface area contributed by atoms with Crippen molar-refractivity contribution in [3.63, 3.8) is 0 Å². The number of hydrogen-bond acceptors (Lipinski definition) is 7. The number of rotatable bonds is 2. The van der Waals surface area contributed by atoms with Gasteiger partial charge in [-0.3, -0.25) is 4.79 Å². The topological polar surface area (TPSA) is 120 Å². The van der Waals surface area contributed by atoms with Gasteiger partial charge in [-0.1, -0.05) is 6.92 Å². The number of aliphatic hydroxyl groups excluding tert-OH is 4. The van der Waals surface area contributed by atoms with Crippen molar-refractivity contribution in [1.29, 1.82) is 0 Å². The van der Waals surface area contributed by atoms with Crippen LogP contribution >= 0.6 is 0 Å². The van der Waals surface area contributed by atoms with Gasteiger partial charge in [0.15, 0.2) is 5.78 Å². The number of Topliss-reactive ketones (excluding diaryl/α,β-unsaturated/α-hetero) is 1. The van der Waals surface area contributed by atoms with E-state index < -0.39 is 59.8 Å². The van der Waals surface area contributed by atoms with E-state index in [1.54, 1.807) is 0 Å². The van der Waals surface area contributed by atoms with Crippen LogP contribution in [0.15, 0.2) is 11.6 Å². The predicted molar refractivity (Wildman–Crippen MR) is 71.8 cm³/mol. The van der Waals surface area contributed by atoms with Crippen molar-refractivity contribution in [3.8, 4) is 0 Å². The van der Waals surface area contributed by atoms with Gasteiger partial charge in [-0.15, -0.1) is 0 Å². The van der Waals surface area contributed by atoms with E-state index in [0.717, 1.165) is 0 Å². The Bertz CT molecular complexity index is 568. The predicted octanol–water partition coefficient (Wildman–Crippen LogP) is -1.87. The molecule has 2 aliphatic carbocycles. The maximum Gasteiger partial charge on any atom is 0.190 e. The van der Waals surface area contributed by atoms with Crippen LogP contribution in [0.3, 0.4) is 0 Å². The molecule has 7 nitrogen and oxygen atoms in total. The standard InChI is InChI=1S/C15H20O7/c1-13-3-8(18)12(15(13)6-21-15)22-9-2-7(4-16)10(19)11(20)14(9,13)5-17/h2,8-9,11-12,16-18,20H,3-6H2,1H3/t8-,9-,11-,12-,13-,14-,15+/m1/s1. The number of carbonyl (C=O) groups is 1. The van der Waals surface area contributed by atoms with E-state index >= 15 is 0 Å². The summed E-state index contributed by atoms with van der Waals surface area (Å²) in [4.78, 5) is 12.4. The van der Waals surface area contributed by atoms with E-state index in [-0.39, 0.29) is 12.0 Å². The number of ether oxygens (including phenoxy) is 2. The van der Waals surface area contributed by atoms with Gasteiger partial charge in [0.25, 0.3) is 0 Å².